The third-order valence-corrected chi connectivity index (χ3v) is 5.70. The fraction of sp³-hybridized carbons (Fsp3) is 0.550. The summed E-state index contributed by atoms with van der Waals surface area (Å²) in [6.07, 6.45) is 6.43. The largest absolute Gasteiger partial charge is 0.465 e. The number of ether oxygens (including phenoxy) is 2. The molecule has 3 heterocycles. The molecule has 150 valence electrons. The van der Waals surface area contributed by atoms with Crippen molar-refractivity contribution in [3.05, 3.63) is 28.9 Å². The first-order valence-corrected chi connectivity index (χ1v) is 10.3. The maximum Gasteiger partial charge on any atom is 0.188 e. The van der Waals surface area contributed by atoms with Crippen molar-refractivity contribution in [2.24, 2.45) is 0 Å². The van der Waals surface area contributed by atoms with Crippen LogP contribution in [0.15, 0.2) is 28.9 Å². The van der Waals surface area contributed by atoms with Crippen LogP contribution >= 0.6 is 15.9 Å². The second-order valence-electron chi connectivity index (χ2n) is 8.39. The van der Waals surface area contributed by atoms with E-state index < -0.39 is 0 Å². The average Bonchev–Trinajstić information content (AvgIpc) is 3.37. The average molecular weight is 448 g/mol. The lowest BCUT2D eigenvalue weighted by Crippen LogP contribution is -2.56. The third kappa shape index (κ3) is 4.45. The smallest absolute Gasteiger partial charge is 0.188 e. The summed E-state index contributed by atoms with van der Waals surface area (Å²) in [6.45, 7) is 4.69. The van der Waals surface area contributed by atoms with Crippen LogP contribution < -0.4 is 15.4 Å². The van der Waals surface area contributed by atoms with Gasteiger partial charge in [-0.3, -0.25) is 0 Å². The van der Waals surface area contributed by atoms with Gasteiger partial charge in [0.1, 0.15) is 17.2 Å². The molecular weight excluding hydrogens is 422 g/mol. The van der Waals surface area contributed by atoms with Crippen LogP contribution in [0.25, 0.3) is 11.4 Å². The van der Waals surface area contributed by atoms with Gasteiger partial charge in [-0.25, -0.2) is 4.98 Å². The predicted octanol–water partition coefficient (Wildman–Crippen LogP) is 3.76. The van der Waals surface area contributed by atoms with Crippen molar-refractivity contribution in [1.29, 1.82) is 0 Å². The van der Waals surface area contributed by atoms with E-state index in [0.29, 0.717) is 28.7 Å². The van der Waals surface area contributed by atoms with E-state index in [2.05, 4.69) is 55.6 Å². The summed E-state index contributed by atoms with van der Waals surface area (Å²) in [7, 11) is 1.58. The van der Waals surface area contributed by atoms with E-state index in [4.69, 9.17) is 9.47 Å². The zero-order valence-electron chi connectivity index (χ0n) is 16.5. The van der Waals surface area contributed by atoms with Gasteiger partial charge >= 0.3 is 0 Å². The summed E-state index contributed by atoms with van der Waals surface area (Å²) in [5, 5.41) is 16.1. The van der Waals surface area contributed by atoms with Gasteiger partial charge in [-0.2, -0.15) is 0 Å². The standard InChI is InChI=1S/C20H26BrN5O2/c1-19(2)9-14(10-20(26-19)6-7-20)23-17-5-4-15(24-25-17)18-16(28-12-27-3)8-13(21)11-22-18/h4-5,8,11,14,26H,6-7,9-10,12H2,1-3H3,(H,23,25). The number of halogens is 1. The van der Waals surface area contributed by atoms with Gasteiger partial charge in [-0.1, -0.05) is 0 Å². The molecule has 0 bridgehead atoms. The highest BCUT2D eigenvalue weighted by Crippen LogP contribution is 2.46. The number of pyridine rings is 1. The molecule has 2 fully saturated rings. The number of methoxy groups -OCH3 is 1. The molecule has 1 saturated heterocycles. The van der Waals surface area contributed by atoms with Crippen LogP contribution in [0, 0.1) is 0 Å². The van der Waals surface area contributed by atoms with Gasteiger partial charge < -0.3 is 20.1 Å². The van der Waals surface area contributed by atoms with E-state index in [1.807, 2.05) is 18.2 Å². The molecule has 1 aliphatic heterocycles. The molecule has 1 saturated carbocycles. The van der Waals surface area contributed by atoms with Gasteiger partial charge in [0.25, 0.3) is 0 Å². The molecule has 2 aromatic heterocycles. The number of piperidine rings is 1. The lowest BCUT2D eigenvalue weighted by molar-refractivity contribution is 0.0512. The first kappa shape index (κ1) is 19.5. The van der Waals surface area contributed by atoms with E-state index in [-0.39, 0.29) is 12.3 Å². The van der Waals surface area contributed by atoms with Crippen molar-refractivity contribution in [3.8, 4) is 17.1 Å². The highest BCUT2D eigenvalue weighted by atomic mass is 79.9. The van der Waals surface area contributed by atoms with Crippen LogP contribution in [0.3, 0.4) is 0 Å². The number of nitrogens with one attached hydrogen (secondary N) is 2. The van der Waals surface area contributed by atoms with E-state index in [9.17, 15) is 0 Å². The molecule has 1 unspecified atom stereocenters. The maximum absolute atomic E-state index is 5.62. The van der Waals surface area contributed by atoms with E-state index in [1.54, 1.807) is 13.3 Å². The number of nitrogens with zero attached hydrogens (tertiary/aromatic N) is 3. The Kier molecular flexibility index (Phi) is 5.28. The van der Waals surface area contributed by atoms with Crippen molar-refractivity contribution >= 4 is 21.7 Å². The minimum atomic E-state index is 0.134. The fourth-order valence-electron chi connectivity index (χ4n) is 4.15. The second-order valence-corrected chi connectivity index (χ2v) is 9.31. The number of hydrogen-bond acceptors (Lipinski definition) is 7. The van der Waals surface area contributed by atoms with Crippen LogP contribution in [0.1, 0.15) is 39.5 Å². The Morgan fingerprint density at radius 2 is 2.07 bits per heavy atom. The quantitative estimate of drug-likeness (QED) is 0.652. The highest BCUT2D eigenvalue weighted by Gasteiger charge is 2.51. The first-order chi connectivity index (χ1) is 13.4. The van der Waals surface area contributed by atoms with Gasteiger partial charge in [-0.15, -0.1) is 10.2 Å². The van der Waals surface area contributed by atoms with Crippen LogP contribution in [0.4, 0.5) is 5.82 Å². The summed E-state index contributed by atoms with van der Waals surface area (Å²) in [4.78, 5) is 4.43. The van der Waals surface area contributed by atoms with Crippen LogP contribution in [0.2, 0.25) is 0 Å². The summed E-state index contributed by atoms with van der Waals surface area (Å²) in [5.74, 6) is 1.39. The van der Waals surface area contributed by atoms with Crippen molar-refractivity contribution in [3.63, 3.8) is 0 Å². The van der Waals surface area contributed by atoms with Crippen molar-refractivity contribution < 1.29 is 9.47 Å². The molecular formula is C20H26BrN5O2. The summed E-state index contributed by atoms with van der Waals surface area (Å²) in [5.41, 5.74) is 1.75. The lowest BCUT2D eigenvalue weighted by Gasteiger charge is -2.42. The zero-order valence-corrected chi connectivity index (χ0v) is 18.0. The minimum absolute atomic E-state index is 0.134. The van der Waals surface area contributed by atoms with Crippen molar-refractivity contribution in [2.75, 3.05) is 19.2 Å². The van der Waals surface area contributed by atoms with Crippen LogP contribution in [-0.4, -0.2) is 46.2 Å². The van der Waals surface area contributed by atoms with Gasteiger partial charge in [0.05, 0.1) is 0 Å². The zero-order chi connectivity index (χ0) is 19.8. The molecule has 1 spiro atoms. The molecule has 0 aromatic carbocycles. The normalized spacial score (nSPS) is 22.1. The Balaban J connectivity index is 1.49. The molecule has 28 heavy (non-hydrogen) atoms. The Bertz CT molecular complexity index is 833. The van der Waals surface area contributed by atoms with Gasteiger partial charge in [0.15, 0.2) is 12.5 Å². The summed E-state index contributed by atoms with van der Waals surface area (Å²) >= 11 is 3.42. The number of anilines is 1. The van der Waals surface area contributed by atoms with Gasteiger partial charge in [0, 0.05) is 34.9 Å². The van der Waals surface area contributed by atoms with E-state index in [0.717, 1.165) is 23.1 Å². The Morgan fingerprint density at radius 1 is 1.25 bits per heavy atom. The molecule has 1 atom stereocenters. The lowest BCUT2D eigenvalue weighted by atomic mass is 9.84. The third-order valence-electron chi connectivity index (χ3n) is 5.26. The molecule has 2 aliphatic rings. The topological polar surface area (TPSA) is 81.2 Å². The molecule has 2 aromatic rings. The van der Waals surface area contributed by atoms with Crippen molar-refractivity contribution in [1.82, 2.24) is 20.5 Å². The Morgan fingerprint density at radius 3 is 2.75 bits per heavy atom. The monoisotopic (exact) mass is 447 g/mol. The Labute approximate surface area is 173 Å². The molecule has 0 radical (unpaired) electrons. The molecule has 8 heteroatoms. The SMILES string of the molecule is COCOc1cc(Br)cnc1-c1ccc(NC2CC(C)(C)NC3(CC3)C2)nn1. The molecule has 0 amide bonds. The number of rotatable bonds is 6. The van der Waals surface area contributed by atoms with Crippen LogP contribution in [0.5, 0.6) is 5.75 Å². The summed E-state index contributed by atoms with van der Waals surface area (Å²) in [6, 6.07) is 6.12. The predicted molar refractivity (Wildman–Crippen MR) is 111 cm³/mol. The Hall–Kier alpha value is -1.77. The van der Waals surface area contributed by atoms with E-state index >= 15 is 0 Å². The van der Waals surface area contributed by atoms with Gasteiger partial charge in [0.2, 0.25) is 0 Å². The molecule has 1 aliphatic carbocycles. The summed E-state index contributed by atoms with van der Waals surface area (Å²) < 4.78 is 11.5. The molecule has 4 rings (SSSR count). The fourth-order valence-corrected chi connectivity index (χ4v) is 4.46. The molecule has 2 N–H and O–H groups in total. The number of aromatic nitrogens is 3. The van der Waals surface area contributed by atoms with Crippen molar-refractivity contribution in [2.45, 2.75) is 56.7 Å². The molecule has 7 nitrogen and oxygen atoms in total. The van der Waals surface area contributed by atoms with E-state index in [1.165, 1.54) is 12.8 Å². The highest BCUT2D eigenvalue weighted by molar-refractivity contribution is 9.10. The second kappa shape index (κ2) is 7.57. The number of hydrogen-bond donors (Lipinski definition) is 2. The minimum Gasteiger partial charge on any atom is -0.465 e. The first-order valence-electron chi connectivity index (χ1n) is 9.55. The maximum atomic E-state index is 5.62. The van der Waals surface area contributed by atoms with Crippen LogP contribution in [-0.2, 0) is 4.74 Å². The van der Waals surface area contributed by atoms with Gasteiger partial charge in [-0.05, 0) is 73.7 Å².